The number of ether oxygens (including phenoxy) is 1. The molecule has 1 saturated heterocycles. The van der Waals surface area contributed by atoms with Crippen molar-refractivity contribution in [3.05, 3.63) is 29.8 Å². The molecule has 0 atom stereocenters. The first kappa shape index (κ1) is 16.0. The van der Waals surface area contributed by atoms with Crippen molar-refractivity contribution in [2.75, 3.05) is 25.1 Å². The minimum Gasteiger partial charge on any atom is -0.381 e. The number of para-hydroxylation sites is 1. The van der Waals surface area contributed by atoms with E-state index in [1.807, 2.05) is 31.2 Å². The Balaban J connectivity index is 0.00000180. The second-order valence-corrected chi connectivity index (χ2v) is 4.87. The van der Waals surface area contributed by atoms with Gasteiger partial charge in [0.1, 0.15) is 0 Å². The Morgan fingerprint density at radius 2 is 2.00 bits per heavy atom. The number of benzene rings is 1. The Morgan fingerprint density at radius 1 is 1.37 bits per heavy atom. The summed E-state index contributed by atoms with van der Waals surface area (Å²) in [4.78, 5) is 12.4. The molecule has 1 heterocycles. The zero-order chi connectivity index (χ0) is 13.0. The van der Waals surface area contributed by atoms with Crippen molar-refractivity contribution in [2.24, 2.45) is 11.1 Å². The number of amides is 1. The van der Waals surface area contributed by atoms with Crippen molar-refractivity contribution in [1.82, 2.24) is 0 Å². The average Bonchev–Trinajstić information content (AvgIpc) is 2.42. The first-order valence-electron chi connectivity index (χ1n) is 6.33. The highest BCUT2D eigenvalue weighted by Crippen LogP contribution is 2.31. The molecule has 4 nitrogen and oxygen atoms in total. The predicted molar refractivity (Wildman–Crippen MR) is 78.6 cm³/mol. The number of carbonyl (C=O) groups is 1. The van der Waals surface area contributed by atoms with Crippen LogP contribution < -0.4 is 11.1 Å². The van der Waals surface area contributed by atoms with Gasteiger partial charge in [-0.3, -0.25) is 4.79 Å². The van der Waals surface area contributed by atoms with Gasteiger partial charge in [0.05, 0.1) is 5.41 Å². The molecule has 5 heteroatoms. The summed E-state index contributed by atoms with van der Waals surface area (Å²) in [7, 11) is 0. The van der Waals surface area contributed by atoms with Crippen molar-refractivity contribution >= 4 is 24.0 Å². The van der Waals surface area contributed by atoms with Gasteiger partial charge in [-0.25, -0.2) is 0 Å². The molecule has 1 aliphatic heterocycles. The molecular weight excluding hydrogens is 264 g/mol. The van der Waals surface area contributed by atoms with Crippen LogP contribution in [0.1, 0.15) is 18.4 Å². The molecule has 0 saturated carbocycles. The number of halogens is 1. The van der Waals surface area contributed by atoms with Crippen molar-refractivity contribution in [3.8, 4) is 0 Å². The average molecular weight is 285 g/mol. The summed E-state index contributed by atoms with van der Waals surface area (Å²) in [6, 6.07) is 7.77. The molecule has 3 N–H and O–H groups in total. The van der Waals surface area contributed by atoms with Crippen LogP contribution in [0.15, 0.2) is 24.3 Å². The monoisotopic (exact) mass is 284 g/mol. The molecular formula is C14H21ClN2O2. The summed E-state index contributed by atoms with van der Waals surface area (Å²) in [5.74, 6) is 0.0163. The molecule has 0 bridgehead atoms. The lowest BCUT2D eigenvalue weighted by atomic mass is 9.79. The SMILES string of the molecule is Cc1ccccc1NC(=O)C1(CN)CCOCC1.Cl. The molecule has 0 aliphatic carbocycles. The normalized spacial score (nSPS) is 17.4. The lowest BCUT2D eigenvalue weighted by Crippen LogP contribution is -2.46. The largest absolute Gasteiger partial charge is 0.381 e. The fourth-order valence-corrected chi connectivity index (χ4v) is 2.25. The Bertz CT molecular complexity index is 431. The summed E-state index contributed by atoms with van der Waals surface area (Å²) < 4.78 is 5.32. The Morgan fingerprint density at radius 3 is 2.58 bits per heavy atom. The lowest BCUT2D eigenvalue weighted by molar-refractivity contribution is -0.130. The summed E-state index contributed by atoms with van der Waals surface area (Å²) in [6.07, 6.45) is 1.39. The number of nitrogens with two attached hydrogens (primary N) is 1. The van der Waals surface area contributed by atoms with E-state index in [1.54, 1.807) is 0 Å². The molecule has 0 radical (unpaired) electrons. The Hall–Kier alpha value is -1.10. The number of hydrogen-bond acceptors (Lipinski definition) is 3. The van der Waals surface area contributed by atoms with Crippen molar-refractivity contribution in [1.29, 1.82) is 0 Å². The maximum atomic E-state index is 12.4. The number of rotatable bonds is 3. The topological polar surface area (TPSA) is 64.4 Å². The zero-order valence-electron chi connectivity index (χ0n) is 11.1. The molecule has 1 aliphatic rings. The van der Waals surface area contributed by atoms with Crippen LogP contribution in [-0.2, 0) is 9.53 Å². The predicted octanol–water partition coefficient (Wildman–Crippen LogP) is 2.11. The van der Waals surface area contributed by atoms with E-state index in [2.05, 4.69) is 5.32 Å². The summed E-state index contributed by atoms with van der Waals surface area (Å²) in [5.41, 5.74) is 7.27. The molecule has 106 valence electrons. The van der Waals surface area contributed by atoms with Gasteiger partial charge in [0.2, 0.25) is 5.91 Å². The van der Waals surface area contributed by atoms with Crippen LogP contribution in [0.4, 0.5) is 5.69 Å². The molecule has 1 fully saturated rings. The minimum absolute atomic E-state index is 0. The Kier molecular flexibility index (Phi) is 5.79. The van der Waals surface area contributed by atoms with E-state index in [0.717, 1.165) is 11.3 Å². The number of carbonyl (C=O) groups excluding carboxylic acids is 1. The van der Waals surface area contributed by atoms with Gasteiger partial charge < -0.3 is 15.8 Å². The van der Waals surface area contributed by atoms with Crippen LogP contribution in [-0.4, -0.2) is 25.7 Å². The molecule has 1 aromatic rings. The summed E-state index contributed by atoms with van der Waals surface area (Å²) in [5, 5.41) is 3.00. The second kappa shape index (κ2) is 6.89. The second-order valence-electron chi connectivity index (χ2n) is 4.87. The molecule has 0 spiro atoms. The summed E-state index contributed by atoms with van der Waals surface area (Å²) >= 11 is 0. The van der Waals surface area contributed by atoms with Gasteiger partial charge in [-0.15, -0.1) is 12.4 Å². The first-order chi connectivity index (χ1) is 8.68. The van der Waals surface area contributed by atoms with Gasteiger partial charge in [0.15, 0.2) is 0 Å². The van der Waals surface area contributed by atoms with Crippen LogP contribution >= 0.6 is 12.4 Å². The maximum absolute atomic E-state index is 12.4. The Labute approximate surface area is 120 Å². The highest BCUT2D eigenvalue weighted by molar-refractivity contribution is 5.96. The van der Waals surface area contributed by atoms with Gasteiger partial charge in [-0.05, 0) is 31.4 Å². The maximum Gasteiger partial charge on any atom is 0.232 e. The van der Waals surface area contributed by atoms with E-state index in [-0.39, 0.29) is 18.3 Å². The molecule has 0 unspecified atom stereocenters. The third-order valence-electron chi connectivity index (χ3n) is 3.72. The van der Waals surface area contributed by atoms with Crippen LogP contribution in [0.3, 0.4) is 0 Å². The fraction of sp³-hybridized carbons (Fsp3) is 0.500. The van der Waals surface area contributed by atoms with Crippen molar-refractivity contribution < 1.29 is 9.53 Å². The highest BCUT2D eigenvalue weighted by Gasteiger charge is 2.38. The van der Waals surface area contributed by atoms with Crippen molar-refractivity contribution in [2.45, 2.75) is 19.8 Å². The molecule has 1 aromatic carbocycles. The third kappa shape index (κ3) is 3.47. The molecule has 2 rings (SSSR count). The molecule has 0 aromatic heterocycles. The van der Waals surface area contributed by atoms with Gasteiger partial charge >= 0.3 is 0 Å². The molecule has 1 amide bonds. The van der Waals surface area contributed by atoms with Gasteiger partial charge in [0, 0.05) is 25.4 Å². The van der Waals surface area contributed by atoms with E-state index >= 15 is 0 Å². The standard InChI is InChI=1S/C14H20N2O2.ClH/c1-11-4-2-3-5-12(11)16-13(17)14(10-15)6-8-18-9-7-14;/h2-5H,6-10,15H2,1H3,(H,16,17);1H. The third-order valence-corrected chi connectivity index (χ3v) is 3.72. The van der Waals surface area contributed by atoms with E-state index in [9.17, 15) is 4.79 Å². The number of nitrogens with one attached hydrogen (secondary N) is 1. The lowest BCUT2D eigenvalue weighted by Gasteiger charge is -2.34. The minimum atomic E-state index is -0.472. The van der Waals surface area contributed by atoms with Crippen LogP contribution in [0, 0.1) is 12.3 Å². The van der Waals surface area contributed by atoms with E-state index in [0.29, 0.717) is 32.6 Å². The van der Waals surface area contributed by atoms with Gasteiger partial charge in [-0.1, -0.05) is 18.2 Å². The van der Waals surface area contributed by atoms with Crippen molar-refractivity contribution in [3.63, 3.8) is 0 Å². The van der Waals surface area contributed by atoms with Crippen LogP contribution in [0.25, 0.3) is 0 Å². The number of hydrogen-bond donors (Lipinski definition) is 2. The highest BCUT2D eigenvalue weighted by atomic mass is 35.5. The van der Waals surface area contributed by atoms with Crippen LogP contribution in [0.5, 0.6) is 0 Å². The van der Waals surface area contributed by atoms with Crippen LogP contribution in [0.2, 0.25) is 0 Å². The van der Waals surface area contributed by atoms with Gasteiger partial charge in [-0.2, -0.15) is 0 Å². The quantitative estimate of drug-likeness (QED) is 0.893. The zero-order valence-corrected chi connectivity index (χ0v) is 12.0. The fourth-order valence-electron chi connectivity index (χ4n) is 2.25. The smallest absolute Gasteiger partial charge is 0.232 e. The van der Waals surface area contributed by atoms with E-state index in [4.69, 9.17) is 10.5 Å². The number of anilines is 1. The van der Waals surface area contributed by atoms with E-state index in [1.165, 1.54) is 0 Å². The summed E-state index contributed by atoms with van der Waals surface area (Å²) in [6.45, 7) is 3.57. The molecule has 19 heavy (non-hydrogen) atoms. The van der Waals surface area contributed by atoms with Gasteiger partial charge in [0.25, 0.3) is 0 Å². The first-order valence-corrected chi connectivity index (χ1v) is 6.33. The van der Waals surface area contributed by atoms with E-state index < -0.39 is 5.41 Å². The number of aryl methyl sites for hydroxylation is 1.